The molecule has 0 aromatic heterocycles. The molecule has 0 amide bonds. The van der Waals surface area contributed by atoms with E-state index in [2.05, 4.69) is 4.72 Å². The number of sulfonamides is 1. The molecule has 0 spiro atoms. The monoisotopic (exact) mass is 251 g/mol. The van der Waals surface area contributed by atoms with Gasteiger partial charge in [0.15, 0.2) is 0 Å². The molecule has 98 valence electrons. The summed E-state index contributed by atoms with van der Waals surface area (Å²) in [6.07, 6.45) is 1.36. The molecule has 0 radical (unpaired) electrons. The van der Waals surface area contributed by atoms with E-state index in [0.29, 0.717) is 25.8 Å². The van der Waals surface area contributed by atoms with Crippen molar-refractivity contribution in [1.82, 2.24) is 4.72 Å². The first-order valence-electron chi connectivity index (χ1n) is 5.82. The van der Waals surface area contributed by atoms with Gasteiger partial charge in [0.2, 0.25) is 10.0 Å². The molecule has 2 N–H and O–H groups in total. The van der Waals surface area contributed by atoms with Crippen LogP contribution in [0.4, 0.5) is 0 Å². The number of hydrogen-bond acceptors (Lipinski definition) is 3. The van der Waals surface area contributed by atoms with Crippen LogP contribution in [-0.4, -0.2) is 31.9 Å². The zero-order valence-corrected chi connectivity index (χ0v) is 11.6. The average Bonchev–Trinajstić information content (AvgIpc) is 2.13. The maximum absolute atomic E-state index is 11.6. The van der Waals surface area contributed by atoms with Crippen molar-refractivity contribution in [2.75, 3.05) is 12.3 Å². The maximum atomic E-state index is 11.6. The first-order chi connectivity index (χ1) is 7.16. The van der Waals surface area contributed by atoms with E-state index in [0.717, 1.165) is 0 Å². The Morgan fingerprint density at radius 1 is 1.31 bits per heavy atom. The Labute approximate surface area is 99.5 Å². The van der Waals surface area contributed by atoms with Crippen LogP contribution in [0.25, 0.3) is 0 Å². The van der Waals surface area contributed by atoms with E-state index in [1.54, 1.807) is 0 Å². The molecule has 0 fully saturated rings. The van der Waals surface area contributed by atoms with Crippen molar-refractivity contribution in [2.45, 2.75) is 53.1 Å². The summed E-state index contributed by atoms with van der Waals surface area (Å²) in [5.74, 6) is 0.152. The molecule has 0 aromatic carbocycles. The second-order valence-electron chi connectivity index (χ2n) is 5.37. The lowest BCUT2D eigenvalue weighted by Crippen LogP contribution is -2.30. The van der Waals surface area contributed by atoms with E-state index in [1.807, 2.05) is 27.7 Å². The largest absolute Gasteiger partial charge is 0.393 e. The topological polar surface area (TPSA) is 66.4 Å². The second kappa shape index (κ2) is 6.57. The molecule has 0 saturated heterocycles. The van der Waals surface area contributed by atoms with Gasteiger partial charge in [0.05, 0.1) is 11.9 Å². The molecule has 0 bridgehead atoms. The van der Waals surface area contributed by atoms with Gasteiger partial charge in [-0.15, -0.1) is 0 Å². The highest BCUT2D eigenvalue weighted by Gasteiger charge is 2.17. The highest BCUT2D eigenvalue weighted by atomic mass is 32.2. The Hall–Kier alpha value is -0.130. The van der Waals surface area contributed by atoms with Gasteiger partial charge in [0, 0.05) is 6.54 Å². The van der Waals surface area contributed by atoms with E-state index in [1.165, 1.54) is 0 Å². The standard InChI is InChI=1S/C11H25NO3S/c1-5-10(13)6-8-12-16(14,15)9-7-11(2,3)4/h10,12-13H,5-9H2,1-4H3/t10-/m0/s1. The van der Waals surface area contributed by atoms with Gasteiger partial charge in [-0.1, -0.05) is 27.7 Å². The molecule has 4 nitrogen and oxygen atoms in total. The summed E-state index contributed by atoms with van der Waals surface area (Å²) in [5, 5.41) is 9.28. The van der Waals surface area contributed by atoms with Crippen molar-refractivity contribution in [2.24, 2.45) is 5.41 Å². The van der Waals surface area contributed by atoms with Crippen LogP contribution in [-0.2, 0) is 10.0 Å². The molecule has 0 aliphatic carbocycles. The summed E-state index contributed by atoms with van der Waals surface area (Å²) < 4.78 is 25.6. The van der Waals surface area contributed by atoms with Crippen LogP contribution >= 0.6 is 0 Å². The lowest BCUT2D eigenvalue weighted by atomic mass is 9.94. The van der Waals surface area contributed by atoms with Gasteiger partial charge in [0.25, 0.3) is 0 Å². The number of rotatable bonds is 7. The van der Waals surface area contributed by atoms with E-state index < -0.39 is 16.1 Å². The van der Waals surface area contributed by atoms with E-state index >= 15 is 0 Å². The average molecular weight is 251 g/mol. The highest BCUT2D eigenvalue weighted by molar-refractivity contribution is 7.89. The van der Waals surface area contributed by atoms with E-state index in [9.17, 15) is 13.5 Å². The highest BCUT2D eigenvalue weighted by Crippen LogP contribution is 2.18. The molecule has 0 aliphatic rings. The summed E-state index contributed by atoms with van der Waals surface area (Å²) in [5.41, 5.74) is 0.0255. The van der Waals surface area contributed by atoms with Crippen molar-refractivity contribution in [3.05, 3.63) is 0 Å². The van der Waals surface area contributed by atoms with Gasteiger partial charge >= 0.3 is 0 Å². The molecule has 16 heavy (non-hydrogen) atoms. The first-order valence-corrected chi connectivity index (χ1v) is 7.47. The van der Waals surface area contributed by atoms with Crippen LogP contribution in [0, 0.1) is 5.41 Å². The Morgan fingerprint density at radius 2 is 1.88 bits per heavy atom. The van der Waals surface area contributed by atoms with Gasteiger partial charge < -0.3 is 5.11 Å². The maximum Gasteiger partial charge on any atom is 0.211 e. The van der Waals surface area contributed by atoms with Crippen LogP contribution in [0.1, 0.15) is 47.0 Å². The molecule has 5 heteroatoms. The zero-order valence-electron chi connectivity index (χ0n) is 10.8. The Bertz CT molecular complexity index is 280. The SMILES string of the molecule is CC[C@H](O)CCNS(=O)(=O)CCC(C)(C)C. The third kappa shape index (κ3) is 9.12. The fourth-order valence-electron chi connectivity index (χ4n) is 1.10. The molecule has 0 aliphatic heterocycles. The molecule has 0 unspecified atom stereocenters. The minimum Gasteiger partial charge on any atom is -0.393 e. The fraction of sp³-hybridized carbons (Fsp3) is 1.00. The number of nitrogens with one attached hydrogen (secondary N) is 1. The van der Waals surface area contributed by atoms with Gasteiger partial charge in [-0.3, -0.25) is 0 Å². The summed E-state index contributed by atoms with van der Waals surface area (Å²) >= 11 is 0. The minimum absolute atomic E-state index is 0.0255. The van der Waals surface area contributed by atoms with Crippen molar-refractivity contribution in [3.8, 4) is 0 Å². The van der Waals surface area contributed by atoms with Crippen LogP contribution in [0.5, 0.6) is 0 Å². The van der Waals surface area contributed by atoms with Gasteiger partial charge in [-0.05, 0) is 24.7 Å². The summed E-state index contributed by atoms with van der Waals surface area (Å²) in [6.45, 7) is 8.25. The third-order valence-corrected chi connectivity index (χ3v) is 3.78. The Kier molecular flexibility index (Phi) is 6.51. The van der Waals surface area contributed by atoms with Crippen molar-refractivity contribution < 1.29 is 13.5 Å². The normalized spacial score (nSPS) is 15.1. The van der Waals surface area contributed by atoms with Crippen LogP contribution in [0.2, 0.25) is 0 Å². The lowest BCUT2D eigenvalue weighted by Gasteiger charge is -2.18. The van der Waals surface area contributed by atoms with Crippen molar-refractivity contribution in [3.63, 3.8) is 0 Å². The van der Waals surface area contributed by atoms with E-state index in [4.69, 9.17) is 0 Å². The Balaban J connectivity index is 3.89. The van der Waals surface area contributed by atoms with Crippen LogP contribution in [0.3, 0.4) is 0 Å². The molecule has 0 heterocycles. The number of hydrogen-bond donors (Lipinski definition) is 2. The summed E-state index contributed by atoms with van der Waals surface area (Å²) in [6, 6.07) is 0. The Morgan fingerprint density at radius 3 is 2.31 bits per heavy atom. The van der Waals surface area contributed by atoms with Crippen molar-refractivity contribution >= 4 is 10.0 Å². The third-order valence-electron chi connectivity index (χ3n) is 2.39. The fourth-order valence-corrected chi connectivity index (χ4v) is 2.55. The predicted molar refractivity (Wildman–Crippen MR) is 66.8 cm³/mol. The number of aliphatic hydroxyl groups excluding tert-OH is 1. The molecular formula is C11H25NO3S. The molecular weight excluding hydrogens is 226 g/mol. The molecule has 1 atom stereocenters. The van der Waals surface area contributed by atoms with Gasteiger partial charge in [0.1, 0.15) is 0 Å². The van der Waals surface area contributed by atoms with Gasteiger partial charge in [-0.2, -0.15) is 0 Å². The molecule has 0 saturated carbocycles. The van der Waals surface area contributed by atoms with E-state index in [-0.39, 0.29) is 11.2 Å². The first kappa shape index (κ1) is 15.9. The smallest absolute Gasteiger partial charge is 0.211 e. The summed E-state index contributed by atoms with van der Waals surface area (Å²) in [4.78, 5) is 0. The van der Waals surface area contributed by atoms with Crippen LogP contribution in [0.15, 0.2) is 0 Å². The van der Waals surface area contributed by atoms with Crippen LogP contribution < -0.4 is 4.72 Å². The quantitative estimate of drug-likeness (QED) is 0.720. The number of aliphatic hydroxyl groups is 1. The minimum atomic E-state index is -3.18. The second-order valence-corrected chi connectivity index (χ2v) is 7.30. The lowest BCUT2D eigenvalue weighted by molar-refractivity contribution is 0.162. The summed E-state index contributed by atoms with van der Waals surface area (Å²) in [7, 11) is -3.18. The predicted octanol–water partition coefficient (Wildman–Crippen LogP) is 1.50. The van der Waals surface area contributed by atoms with Crippen molar-refractivity contribution in [1.29, 1.82) is 0 Å². The zero-order chi connectivity index (χ0) is 12.8. The molecule has 0 rings (SSSR count). The molecule has 0 aromatic rings. The van der Waals surface area contributed by atoms with Gasteiger partial charge in [-0.25, -0.2) is 13.1 Å².